The Kier molecular flexibility index (Phi) is 12.3. The Morgan fingerprint density at radius 3 is 2.54 bits per heavy atom. The molecule has 0 bridgehead atoms. The van der Waals surface area contributed by atoms with Crippen LogP contribution in [0.3, 0.4) is 0 Å². The van der Waals surface area contributed by atoms with E-state index in [9.17, 15) is 14.2 Å². The number of hydrogen-bond donors (Lipinski definition) is 3. The lowest BCUT2D eigenvalue weighted by Gasteiger charge is -2.32. The highest BCUT2D eigenvalue weighted by atomic mass is 31.2. The van der Waals surface area contributed by atoms with Gasteiger partial charge in [-0.25, -0.2) is 25.1 Å². The van der Waals surface area contributed by atoms with Gasteiger partial charge in [0.15, 0.2) is 11.5 Å². The molecule has 2 heterocycles. The van der Waals surface area contributed by atoms with E-state index in [4.69, 9.17) is 19.9 Å². The first kappa shape index (κ1) is 32.6. The minimum atomic E-state index is -3.59. The number of fused-ring (bicyclic) bond motifs is 1. The van der Waals surface area contributed by atoms with Crippen molar-refractivity contribution in [3.8, 4) is 0 Å². The number of carbonyl (C=O) groups is 2. The molecule has 4 N–H and O–H groups in total. The zero-order chi connectivity index (χ0) is 29.2. The number of nitrogens with zero attached hydrogens (tertiary/aromatic N) is 4. The third-order valence-electron chi connectivity index (χ3n) is 5.64. The lowest BCUT2D eigenvalue weighted by atomic mass is 10.1. The highest BCUT2D eigenvalue weighted by Crippen LogP contribution is 2.40. The smallest absolute Gasteiger partial charge is 0.326 e. The summed E-state index contributed by atoms with van der Waals surface area (Å²) in [7, 11) is -3.59. The summed E-state index contributed by atoms with van der Waals surface area (Å²) in [5.41, 5.74) is 5.63. The average Bonchev–Trinajstić information content (AvgIpc) is 3.23. The van der Waals surface area contributed by atoms with Crippen LogP contribution in [0.1, 0.15) is 74.1 Å². The lowest BCUT2D eigenvalue weighted by molar-refractivity contribution is -0.150. The van der Waals surface area contributed by atoms with E-state index < -0.39 is 37.1 Å². The largest absolute Gasteiger partial charge is 0.464 e. The second kappa shape index (κ2) is 14.7. The van der Waals surface area contributed by atoms with E-state index >= 15 is 0 Å². The van der Waals surface area contributed by atoms with Crippen LogP contribution in [0.15, 0.2) is 12.7 Å². The molecule has 0 saturated carbocycles. The fourth-order valence-electron chi connectivity index (χ4n) is 3.85. The summed E-state index contributed by atoms with van der Waals surface area (Å²) in [6, 6.07) is -0.526. The number of nitrogens with two attached hydrogens (primary N) is 1. The zero-order valence-corrected chi connectivity index (χ0v) is 25.0. The minimum absolute atomic E-state index is 0.0105. The number of aromatic nitrogens is 4. The van der Waals surface area contributed by atoms with Crippen LogP contribution in [0.5, 0.6) is 0 Å². The molecule has 2 aromatic heterocycles. The number of ether oxygens (including phenoxy) is 3. The number of nitrogens with one attached hydrogen (secondary N) is 2. The molecule has 0 aliphatic heterocycles. The van der Waals surface area contributed by atoms with E-state index in [1.165, 1.54) is 6.33 Å². The van der Waals surface area contributed by atoms with Crippen molar-refractivity contribution in [3.63, 3.8) is 0 Å². The molecule has 39 heavy (non-hydrogen) atoms. The number of unbranched alkanes of at least 4 members (excludes halogenated alkanes) is 2. The molecule has 0 amide bonds. The quantitative estimate of drug-likeness (QED) is 0.144. The van der Waals surface area contributed by atoms with Crippen molar-refractivity contribution in [1.82, 2.24) is 29.7 Å². The van der Waals surface area contributed by atoms with E-state index in [0.717, 1.165) is 19.3 Å². The summed E-state index contributed by atoms with van der Waals surface area (Å²) < 4.78 is 32.5. The van der Waals surface area contributed by atoms with E-state index in [0.29, 0.717) is 17.7 Å². The number of hydrogen-bond acceptors (Lipinski definition) is 10. The molecule has 3 atom stereocenters. The van der Waals surface area contributed by atoms with Gasteiger partial charge < -0.3 is 24.5 Å². The van der Waals surface area contributed by atoms with Gasteiger partial charge >= 0.3 is 11.9 Å². The summed E-state index contributed by atoms with van der Waals surface area (Å²) in [6.07, 6.45) is 4.70. The highest BCUT2D eigenvalue weighted by molar-refractivity contribution is 7.59. The van der Waals surface area contributed by atoms with E-state index in [1.807, 2.05) is 6.92 Å². The third-order valence-corrected chi connectivity index (χ3v) is 7.94. The zero-order valence-electron chi connectivity index (χ0n) is 24.1. The van der Waals surface area contributed by atoms with E-state index in [-0.39, 0.29) is 31.3 Å². The van der Waals surface area contributed by atoms with Crippen molar-refractivity contribution in [1.29, 1.82) is 0 Å². The number of carbonyl (C=O) groups excluding carboxylic acids is 2. The lowest BCUT2D eigenvalue weighted by Crippen LogP contribution is -2.49. The van der Waals surface area contributed by atoms with Crippen molar-refractivity contribution in [3.05, 3.63) is 12.7 Å². The number of anilines is 1. The summed E-state index contributed by atoms with van der Waals surface area (Å²) in [5, 5.41) is 5.93. The summed E-state index contributed by atoms with van der Waals surface area (Å²) >= 11 is 0. The van der Waals surface area contributed by atoms with Crippen LogP contribution in [-0.4, -0.2) is 68.2 Å². The fourth-order valence-corrected chi connectivity index (χ4v) is 6.32. The summed E-state index contributed by atoms with van der Waals surface area (Å²) in [5.74, 6) is -0.671. The Labute approximate surface area is 230 Å². The predicted octanol–water partition coefficient (Wildman–Crippen LogP) is 3.39. The van der Waals surface area contributed by atoms with Crippen LogP contribution in [0.25, 0.3) is 11.2 Å². The second-order valence-corrected chi connectivity index (χ2v) is 12.7. The maximum atomic E-state index is 14.1. The molecular weight excluding hydrogens is 525 g/mol. The molecule has 0 saturated heterocycles. The number of imidazole rings is 1. The maximum absolute atomic E-state index is 14.1. The SMILES string of the molecule is CCCCCOC(=O)C(C)(C)N[P@@](=O)(CO[C@H](C)Cn1cnc2c(N)ncnc21)N[C@H](C)CC(=O)OC(C)C. The normalized spacial score (nSPS) is 15.2. The topological polar surface area (TPSA) is 173 Å². The molecule has 0 radical (unpaired) electrons. The second-order valence-electron chi connectivity index (χ2n) is 10.5. The molecule has 14 heteroatoms. The summed E-state index contributed by atoms with van der Waals surface area (Å²) in [4.78, 5) is 37.4. The van der Waals surface area contributed by atoms with Gasteiger partial charge in [0.1, 0.15) is 23.7 Å². The fraction of sp³-hybridized carbons (Fsp3) is 0.720. The van der Waals surface area contributed by atoms with E-state index in [2.05, 4.69) is 32.1 Å². The average molecular weight is 570 g/mol. The number of rotatable bonds is 17. The molecule has 2 rings (SSSR count). The molecule has 2 aromatic rings. The van der Waals surface area contributed by atoms with Crippen molar-refractivity contribution in [2.75, 3.05) is 18.7 Å². The molecule has 220 valence electrons. The molecular formula is C25H44N7O6P. The van der Waals surface area contributed by atoms with Crippen LogP contribution in [0.2, 0.25) is 0 Å². The van der Waals surface area contributed by atoms with Crippen LogP contribution >= 0.6 is 7.44 Å². The predicted molar refractivity (Wildman–Crippen MR) is 149 cm³/mol. The van der Waals surface area contributed by atoms with E-state index in [1.54, 1.807) is 45.5 Å². The van der Waals surface area contributed by atoms with Crippen LogP contribution in [0.4, 0.5) is 5.82 Å². The van der Waals surface area contributed by atoms with Gasteiger partial charge in [-0.1, -0.05) is 19.8 Å². The Morgan fingerprint density at radius 2 is 1.87 bits per heavy atom. The van der Waals surface area contributed by atoms with Gasteiger partial charge in [0.25, 0.3) is 0 Å². The van der Waals surface area contributed by atoms with Crippen LogP contribution in [0, 0.1) is 0 Å². The van der Waals surface area contributed by atoms with Gasteiger partial charge in [-0.2, -0.15) is 0 Å². The molecule has 0 aromatic carbocycles. The van der Waals surface area contributed by atoms with Crippen molar-refractivity contribution >= 4 is 36.4 Å². The Morgan fingerprint density at radius 1 is 1.15 bits per heavy atom. The molecule has 0 spiro atoms. The van der Waals surface area contributed by atoms with Gasteiger partial charge in [-0.15, -0.1) is 0 Å². The minimum Gasteiger partial charge on any atom is -0.464 e. The van der Waals surface area contributed by atoms with Crippen molar-refractivity contribution in [2.24, 2.45) is 0 Å². The van der Waals surface area contributed by atoms with Crippen LogP contribution < -0.4 is 15.9 Å². The summed E-state index contributed by atoms with van der Waals surface area (Å²) in [6.45, 7) is 13.0. The first-order valence-electron chi connectivity index (χ1n) is 13.3. The molecule has 0 aliphatic rings. The Bertz CT molecular complexity index is 1140. The van der Waals surface area contributed by atoms with Gasteiger partial charge in [0.05, 0.1) is 38.1 Å². The first-order chi connectivity index (χ1) is 18.3. The number of nitrogen functional groups attached to an aromatic ring is 1. The number of esters is 2. The van der Waals surface area contributed by atoms with Gasteiger partial charge in [-0.3, -0.25) is 14.2 Å². The molecule has 0 aliphatic carbocycles. The van der Waals surface area contributed by atoms with Gasteiger partial charge in [0, 0.05) is 6.04 Å². The Balaban J connectivity index is 2.12. The Hall–Kier alpha value is -2.60. The molecule has 13 nitrogen and oxygen atoms in total. The highest BCUT2D eigenvalue weighted by Gasteiger charge is 2.38. The van der Waals surface area contributed by atoms with Crippen molar-refractivity contribution < 1.29 is 28.4 Å². The maximum Gasteiger partial charge on any atom is 0.326 e. The first-order valence-corrected chi connectivity index (χ1v) is 15.2. The van der Waals surface area contributed by atoms with Gasteiger partial charge in [0.2, 0.25) is 7.44 Å². The van der Waals surface area contributed by atoms with Crippen LogP contribution in [-0.2, 0) is 34.9 Å². The molecule has 0 unspecified atom stereocenters. The van der Waals surface area contributed by atoms with Gasteiger partial charge in [-0.05, 0) is 48.0 Å². The standard InChI is InChI=1S/C25H44N7O6P/c1-8-9-10-11-36-24(34)25(6,7)31-39(35,30-18(4)12-20(33)38-17(2)3)16-37-19(5)13-32-15-29-21-22(26)27-14-28-23(21)32/h14-15,17-19H,8-13,16H2,1-7H3,(H2,26,27,28)(H2,30,31,35)/t18-,19-,39-/m1/s1. The van der Waals surface area contributed by atoms with Crippen molar-refractivity contribution in [2.45, 2.75) is 104 Å². The third kappa shape index (κ3) is 10.5. The monoisotopic (exact) mass is 569 g/mol. The molecule has 0 fully saturated rings.